The third-order valence-electron chi connectivity index (χ3n) is 4.51. The summed E-state index contributed by atoms with van der Waals surface area (Å²) < 4.78 is 5.15. The topological polar surface area (TPSA) is 95.2 Å². The van der Waals surface area contributed by atoms with E-state index in [1.165, 1.54) is 0 Å². The number of fused-ring (bicyclic) bond motifs is 1. The minimum Gasteiger partial charge on any atom is -0.497 e. The number of hydrogen-bond donors (Lipinski definition) is 3. The second kappa shape index (κ2) is 7.40. The van der Waals surface area contributed by atoms with Gasteiger partial charge in [-0.2, -0.15) is 10.2 Å². The molecule has 4 rings (SSSR count). The van der Waals surface area contributed by atoms with E-state index in [9.17, 15) is 4.79 Å². The van der Waals surface area contributed by atoms with Crippen LogP contribution < -0.4 is 10.2 Å². The Morgan fingerprint density at radius 3 is 2.75 bits per heavy atom. The maximum atomic E-state index is 12.3. The largest absolute Gasteiger partial charge is 0.497 e. The van der Waals surface area contributed by atoms with E-state index < -0.39 is 0 Å². The van der Waals surface area contributed by atoms with Crippen LogP contribution in [0.5, 0.6) is 5.75 Å². The Balaban J connectivity index is 1.47. The van der Waals surface area contributed by atoms with Crippen molar-refractivity contribution in [1.29, 1.82) is 0 Å². The van der Waals surface area contributed by atoms with Gasteiger partial charge in [-0.15, -0.1) is 0 Å². The van der Waals surface area contributed by atoms with Crippen LogP contribution in [0.4, 0.5) is 0 Å². The molecule has 0 radical (unpaired) electrons. The lowest BCUT2D eigenvalue weighted by Crippen LogP contribution is -2.18. The molecule has 1 amide bonds. The zero-order chi connectivity index (χ0) is 19.5. The van der Waals surface area contributed by atoms with Crippen LogP contribution in [0.2, 0.25) is 0 Å². The molecule has 7 nitrogen and oxygen atoms in total. The number of nitrogens with zero attached hydrogens (tertiary/aromatic N) is 2. The Bertz CT molecular complexity index is 1160. The summed E-state index contributed by atoms with van der Waals surface area (Å²) in [5.74, 6) is 0.403. The summed E-state index contributed by atoms with van der Waals surface area (Å²) in [7, 11) is 1.62. The molecule has 28 heavy (non-hydrogen) atoms. The van der Waals surface area contributed by atoms with E-state index in [0.29, 0.717) is 11.4 Å². The fraction of sp³-hybridized carbons (Fsp3) is 0.0952. The maximum absolute atomic E-state index is 12.3. The first-order valence-corrected chi connectivity index (χ1v) is 8.76. The number of hydrazone groups is 1. The molecule has 0 unspecified atom stereocenters. The summed E-state index contributed by atoms with van der Waals surface area (Å²) in [5, 5.41) is 12.1. The Morgan fingerprint density at radius 2 is 1.96 bits per heavy atom. The molecule has 0 saturated heterocycles. The van der Waals surface area contributed by atoms with Gasteiger partial charge in [0, 0.05) is 27.7 Å². The number of para-hydroxylation sites is 1. The van der Waals surface area contributed by atoms with Gasteiger partial charge in [-0.3, -0.25) is 9.89 Å². The van der Waals surface area contributed by atoms with Gasteiger partial charge >= 0.3 is 0 Å². The van der Waals surface area contributed by atoms with E-state index in [-0.39, 0.29) is 5.91 Å². The van der Waals surface area contributed by atoms with Gasteiger partial charge in [-0.05, 0) is 43.3 Å². The summed E-state index contributed by atoms with van der Waals surface area (Å²) in [6.45, 7) is 1.97. The van der Waals surface area contributed by atoms with Crippen molar-refractivity contribution in [2.24, 2.45) is 5.10 Å². The van der Waals surface area contributed by atoms with Crippen molar-refractivity contribution in [3.8, 4) is 17.0 Å². The number of hydrogen-bond acceptors (Lipinski definition) is 4. The van der Waals surface area contributed by atoms with Crippen LogP contribution in [0.25, 0.3) is 22.2 Å². The second-order valence-corrected chi connectivity index (χ2v) is 6.30. The number of H-pyrrole nitrogens is 2. The molecular weight excluding hydrogens is 354 g/mol. The fourth-order valence-corrected chi connectivity index (χ4v) is 3.03. The van der Waals surface area contributed by atoms with E-state index in [2.05, 4.69) is 25.7 Å². The molecule has 0 aliphatic rings. The summed E-state index contributed by atoms with van der Waals surface area (Å²) in [5.41, 5.74) is 7.39. The first-order chi connectivity index (χ1) is 13.7. The molecule has 0 atom stereocenters. The number of aryl methyl sites for hydroxylation is 1. The van der Waals surface area contributed by atoms with Crippen molar-refractivity contribution in [3.05, 3.63) is 71.5 Å². The summed E-state index contributed by atoms with van der Waals surface area (Å²) >= 11 is 0. The molecule has 2 heterocycles. The Kier molecular flexibility index (Phi) is 4.63. The number of amides is 1. The van der Waals surface area contributed by atoms with Crippen LogP contribution in [0, 0.1) is 6.92 Å². The number of methoxy groups -OCH3 is 1. The van der Waals surface area contributed by atoms with Gasteiger partial charge in [0.2, 0.25) is 0 Å². The summed E-state index contributed by atoms with van der Waals surface area (Å²) in [6, 6.07) is 17.1. The molecule has 0 aliphatic carbocycles. The maximum Gasteiger partial charge on any atom is 0.289 e. The van der Waals surface area contributed by atoms with Gasteiger partial charge < -0.3 is 9.72 Å². The minimum atomic E-state index is -0.360. The molecular formula is C21H19N5O2. The molecule has 4 aromatic rings. The number of rotatable bonds is 5. The van der Waals surface area contributed by atoms with E-state index in [1.54, 1.807) is 19.4 Å². The van der Waals surface area contributed by atoms with E-state index >= 15 is 0 Å². The molecule has 2 aromatic carbocycles. The van der Waals surface area contributed by atoms with Crippen LogP contribution in [-0.4, -0.2) is 34.4 Å². The van der Waals surface area contributed by atoms with Gasteiger partial charge in [-0.25, -0.2) is 5.43 Å². The van der Waals surface area contributed by atoms with Crippen molar-refractivity contribution in [2.45, 2.75) is 6.92 Å². The van der Waals surface area contributed by atoms with E-state index in [0.717, 1.165) is 33.5 Å². The van der Waals surface area contributed by atoms with Crippen molar-refractivity contribution in [1.82, 2.24) is 20.6 Å². The first kappa shape index (κ1) is 17.5. The van der Waals surface area contributed by atoms with Crippen LogP contribution in [0.15, 0.2) is 59.7 Å². The smallest absolute Gasteiger partial charge is 0.289 e. The average molecular weight is 373 g/mol. The number of aromatic amines is 2. The molecule has 0 saturated carbocycles. The minimum absolute atomic E-state index is 0.332. The molecule has 2 aromatic heterocycles. The molecule has 3 N–H and O–H groups in total. The van der Waals surface area contributed by atoms with Crippen molar-refractivity contribution in [3.63, 3.8) is 0 Å². The Labute approximate surface area is 161 Å². The van der Waals surface area contributed by atoms with Crippen molar-refractivity contribution < 1.29 is 9.53 Å². The fourth-order valence-electron chi connectivity index (χ4n) is 3.03. The SMILES string of the molecule is COc1ccc(-c2cc(C(=O)NN=Cc3c(C)[nH]c4ccccc34)[nH]n2)cc1. The highest BCUT2D eigenvalue weighted by Gasteiger charge is 2.11. The lowest BCUT2D eigenvalue weighted by molar-refractivity contribution is 0.0950. The third kappa shape index (κ3) is 3.37. The second-order valence-electron chi connectivity index (χ2n) is 6.30. The van der Waals surface area contributed by atoms with Gasteiger partial charge in [0.05, 0.1) is 19.0 Å². The van der Waals surface area contributed by atoms with Crippen LogP contribution in [-0.2, 0) is 0 Å². The van der Waals surface area contributed by atoms with Gasteiger partial charge in [0.1, 0.15) is 11.4 Å². The van der Waals surface area contributed by atoms with Crippen molar-refractivity contribution in [2.75, 3.05) is 7.11 Å². The van der Waals surface area contributed by atoms with Crippen LogP contribution >= 0.6 is 0 Å². The van der Waals surface area contributed by atoms with Crippen LogP contribution in [0.1, 0.15) is 21.7 Å². The number of benzene rings is 2. The first-order valence-electron chi connectivity index (χ1n) is 8.76. The number of carbonyl (C=O) groups excluding carboxylic acids is 1. The number of nitrogens with one attached hydrogen (secondary N) is 3. The number of aromatic nitrogens is 3. The molecule has 0 spiro atoms. The van der Waals surface area contributed by atoms with Gasteiger partial charge in [-0.1, -0.05) is 18.2 Å². The zero-order valence-electron chi connectivity index (χ0n) is 15.5. The summed E-state index contributed by atoms with van der Waals surface area (Å²) in [4.78, 5) is 15.6. The monoisotopic (exact) mass is 373 g/mol. The van der Waals surface area contributed by atoms with E-state index in [4.69, 9.17) is 4.74 Å². The normalized spacial score (nSPS) is 11.2. The third-order valence-corrected chi connectivity index (χ3v) is 4.51. The number of ether oxygens (including phenoxy) is 1. The summed E-state index contributed by atoms with van der Waals surface area (Å²) in [6.07, 6.45) is 1.65. The lowest BCUT2D eigenvalue weighted by atomic mass is 10.1. The van der Waals surface area contributed by atoms with Gasteiger partial charge in [0.15, 0.2) is 0 Å². The lowest BCUT2D eigenvalue weighted by Gasteiger charge is -2.00. The van der Waals surface area contributed by atoms with Gasteiger partial charge in [0.25, 0.3) is 5.91 Å². The molecule has 140 valence electrons. The average Bonchev–Trinajstić information content (AvgIpc) is 3.33. The predicted molar refractivity (Wildman–Crippen MR) is 109 cm³/mol. The quantitative estimate of drug-likeness (QED) is 0.368. The van der Waals surface area contributed by atoms with Crippen LogP contribution in [0.3, 0.4) is 0 Å². The number of carbonyl (C=O) groups is 1. The predicted octanol–water partition coefficient (Wildman–Crippen LogP) is 3.64. The highest BCUT2D eigenvalue weighted by molar-refractivity contribution is 6.01. The highest BCUT2D eigenvalue weighted by Crippen LogP contribution is 2.21. The molecule has 7 heteroatoms. The molecule has 0 fully saturated rings. The van der Waals surface area contributed by atoms with Crippen molar-refractivity contribution >= 4 is 23.0 Å². The molecule has 0 bridgehead atoms. The molecule has 0 aliphatic heterocycles. The Morgan fingerprint density at radius 1 is 1.18 bits per heavy atom. The standard InChI is InChI=1S/C21H19N5O2/c1-13-17(16-5-3-4-6-18(16)23-13)12-22-26-21(27)20-11-19(24-25-20)14-7-9-15(28-2)10-8-14/h3-12,23H,1-2H3,(H,24,25)(H,26,27). The zero-order valence-corrected chi connectivity index (χ0v) is 15.5. The van der Waals surface area contributed by atoms with E-state index in [1.807, 2.05) is 55.5 Å². The Hall–Kier alpha value is -3.87. The highest BCUT2D eigenvalue weighted by atomic mass is 16.5.